The van der Waals surface area contributed by atoms with Crippen LogP contribution in [0.25, 0.3) is 0 Å². The molecule has 0 aromatic carbocycles. The number of nitrogens with zero attached hydrogens (tertiary/aromatic N) is 3. The van der Waals surface area contributed by atoms with E-state index in [1.54, 1.807) is 20.4 Å². The van der Waals surface area contributed by atoms with Gasteiger partial charge in [-0.1, -0.05) is 6.07 Å². The molecule has 0 aliphatic heterocycles. The Morgan fingerprint density at radius 2 is 1.93 bits per heavy atom. The van der Waals surface area contributed by atoms with E-state index < -0.39 is 0 Å². The molecule has 0 spiro atoms. The molecule has 0 saturated carbocycles. The number of pyridine rings is 1. The minimum Gasteiger partial charge on any atom is -0.475 e. The van der Waals surface area contributed by atoms with E-state index in [1.807, 2.05) is 12.1 Å². The smallest absolute Gasteiger partial charge is 0.218 e. The largest absolute Gasteiger partial charge is 0.475 e. The zero-order chi connectivity index (χ0) is 19.7. The highest BCUT2D eigenvalue weighted by Crippen LogP contribution is 2.15. The fourth-order valence-corrected chi connectivity index (χ4v) is 2.36. The zero-order valence-electron chi connectivity index (χ0n) is 17.6. The van der Waals surface area contributed by atoms with Crippen molar-refractivity contribution in [1.82, 2.24) is 20.5 Å². The first-order valence-electron chi connectivity index (χ1n) is 9.46. The maximum Gasteiger partial charge on any atom is 0.218 e. The predicted octanol–water partition coefficient (Wildman–Crippen LogP) is 1.75. The number of rotatable bonds is 14. The molecule has 0 saturated heterocycles. The number of hydrogen-bond acceptors (Lipinski definition) is 6. The summed E-state index contributed by atoms with van der Waals surface area (Å²) in [5.74, 6) is 1.39. The molecule has 28 heavy (non-hydrogen) atoms. The maximum absolute atomic E-state index is 5.67. The summed E-state index contributed by atoms with van der Waals surface area (Å²) in [5, 5.41) is 6.64. The molecular weight excluding hydrogens is 473 g/mol. The van der Waals surface area contributed by atoms with Crippen LogP contribution in [0.3, 0.4) is 0 Å². The number of aliphatic imine (C=N–C) groups is 1. The highest BCUT2D eigenvalue weighted by molar-refractivity contribution is 14.0. The topological polar surface area (TPSA) is 80.2 Å². The van der Waals surface area contributed by atoms with Gasteiger partial charge in [-0.15, -0.1) is 24.0 Å². The number of aromatic nitrogens is 1. The average molecular weight is 509 g/mol. The van der Waals surface area contributed by atoms with Crippen molar-refractivity contribution >= 4 is 29.9 Å². The van der Waals surface area contributed by atoms with Crippen LogP contribution in [0.1, 0.15) is 18.9 Å². The van der Waals surface area contributed by atoms with Crippen LogP contribution in [0.4, 0.5) is 0 Å². The van der Waals surface area contributed by atoms with Gasteiger partial charge in [0.2, 0.25) is 5.88 Å². The molecular formula is C19H36IN5O3. The molecule has 2 N–H and O–H groups in total. The summed E-state index contributed by atoms with van der Waals surface area (Å²) in [7, 11) is 5.49. The van der Waals surface area contributed by atoms with Crippen molar-refractivity contribution in [2.75, 3.05) is 67.3 Å². The first-order chi connectivity index (χ1) is 13.2. The van der Waals surface area contributed by atoms with Gasteiger partial charge >= 0.3 is 0 Å². The highest BCUT2D eigenvalue weighted by Gasteiger charge is 2.05. The minimum absolute atomic E-state index is 0. The number of guanidine groups is 1. The average Bonchev–Trinajstić information content (AvgIpc) is 2.67. The van der Waals surface area contributed by atoms with Crippen LogP contribution in [0, 0.1) is 0 Å². The third-order valence-electron chi connectivity index (χ3n) is 3.80. The molecule has 0 atom stereocenters. The molecule has 0 amide bonds. The molecule has 1 heterocycles. The fourth-order valence-electron chi connectivity index (χ4n) is 2.36. The minimum atomic E-state index is 0. The van der Waals surface area contributed by atoms with Crippen LogP contribution in [0.2, 0.25) is 0 Å². The van der Waals surface area contributed by atoms with E-state index in [0.717, 1.165) is 50.7 Å². The molecule has 1 rings (SSSR count). The lowest BCUT2D eigenvalue weighted by atomic mass is 10.3. The number of halogens is 1. The number of methoxy groups -OCH3 is 2. The molecule has 9 heteroatoms. The number of likely N-dealkylation sites (N-methyl/N-ethyl adjacent to an activating group) is 1. The Hall–Kier alpha value is -1.17. The van der Waals surface area contributed by atoms with Crippen molar-refractivity contribution < 1.29 is 14.2 Å². The summed E-state index contributed by atoms with van der Waals surface area (Å²) in [6.07, 6.45) is 2.76. The van der Waals surface area contributed by atoms with Crippen molar-refractivity contribution in [2.45, 2.75) is 19.9 Å². The van der Waals surface area contributed by atoms with Gasteiger partial charge in [0.1, 0.15) is 6.61 Å². The van der Waals surface area contributed by atoms with Gasteiger partial charge in [0.25, 0.3) is 0 Å². The van der Waals surface area contributed by atoms with Crippen LogP contribution >= 0.6 is 24.0 Å². The summed E-state index contributed by atoms with van der Waals surface area (Å²) in [6.45, 7) is 7.92. The second-order valence-electron chi connectivity index (χ2n) is 6.08. The van der Waals surface area contributed by atoms with Crippen molar-refractivity contribution in [3.8, 4) is 5.88 Å². The highest BCUT2D eigenvalue weighted by atomic mass is 127. The van der Waals surface area contributed by atoms with E-state index in [4.69, 9.17) is 14.2 Å². The number of hydrogen-bond donors (Lipinski definition) is 2. The van der Waals surface area contributed by atoms with Gasteiger partial charge < -0.3 is 29.7 Å². The summed E-state index contributed by atoms with van der Waals surface area (Å²) in [6, 6.07) is 3.87. The van der Waals surface area contributed by atoms with Crippen LogP contribution in [-0.2, 0) is 16.0 Å². The lowest BCUT2D eigenvalue weighted by Crippen LogP contribution is -2.41. The molecule has 162 valence electrons. The van der Waals surface area contributed by atoms with Gasteiger partial charge in [-0.2, -0.15) is 0 Å². The molecule has 0 bridgehead atoms. The van der Waals surface area contributed by atoms with Crippen molar-refractivity contribution in [1.29, 1.82) is 0 Å². The van der Waals surface area contributed by atoms with Gasteiger partial charge in [0.05, 0.1) is 13.2 Å². The molecule has 0 aliphatic rings. The molecule has 0 unspecified atom stereocenters. The molecule has 8 nitrogen and oxygen atoms in total. The van der Waals surface area contributed by atoms with E-state index >= 15 is 0 Å². The zero-order valence-corrected chi connectivity index (χ0v) is 19.9. The van der Waals surface area contributed by atoms with E-state index in [9.17, 15) is 0 Å². The van der Waals surface area contributed by atoms with Gasteiger partial charge in [-0.3, -0.25) is 0 Å². The van der Waals surface area contributed by atoms with Gasteiger partial charge in [0, 0.05) is 58.8 Å². The third-order valence-corrected chi connectivity index (χ3v) is 3.80. The summed E-state index contributed by atoms with van der Waals surface area (Å²) >= 11 is 0. The Labute approximate surface area is 186 Å². The lowest BCUT2D eigenvalue weighted by molar-refractivity contribution is 0.143. The summed E-state index contributed by atoms with van der Waals surface area (Å²) < 4.78 is 15.8. The Morgan fingerprint density at radius 1 is 1.14 bits per heavy atom. The van der Waals surface area contributed by atoms with Crippen LogP contribution in [0.5, 0.6) is 5.88 Å². The van der Waals surface area contributed by atoms with E-state index in [0.29, 0.717) is 25.6 Å². The normalized spacial score (nSPS) is 11.2. The Kier molecular flexibility index (Phi) is 17.1. The summed E-state index contributed by atoms with van der Waals surface area (Å²) in [4.78, 5) is 11.2. The monoisotopic (exact) mass is 509 g/mol. The SMILES string of the molecule is CCNC(=NCc1cccnc1OCCOC)NCCN(C)CCCOC.I. The Bertz CT molecular complexity index is 534. The van der Waals surface area contributed by atoms with E-state index in [2.05, 4.69) is 39.5 Å². The molecule has 0 aliphatic carbocycles. The van der Waals surface area contributed by atoms with Crippen LogP contribution in [0.15, 0.2) is 23.3 Å². The maximum atomic E-state index is 5.67. The van der Waals surface area contributed by atoms with Crippen LogP contribution < -0.4 is 15.4 Å². The molecule has 0 radical (unpaired) electrons. The van der Waals surface area contributed by atoms with Crippen LogP contribution in [-0.4, -0.2) is 83.1 Å². The molecule has 0 fully saturated rings. The number of ether oxygens (including phenoxy) is 3. The van der Waals surface area contributed by atoms with Crippen molar-refractivity contribution in [3.05, 3.63) is 23.9 Å². The molecule has 1 aromatic heterocycles. The Balaban J connectivity index is 0.00000729. The molecule has 1 aromatic rings. The lowest BCUT2D eigenvalue weighted by Gasteiger charge is -2.18. The predicted molar refractivity (Wildman–Crippen MR) is 124 cm³/mol. The van der Waals surface area contributed by atoms with Crippen molar-refractivity contribution in [2.24, 2.45) is 4.99 Å². The Morgan fingerprint density at radius 3 is 2.64 bits per heavy atom. The second-order valence-corrected chi connectivity index (χ2v) is 6.08. The van der Waals surface area contributed by atoms with E-state index in [1.165, 1.54) is 0 Å². The van der Waals surface area contributed by atoms with Gasteiger partial charge in [0.15, 0.2) is 5.96 Å². The summed E-state index contributed by atoms with van der Waals surface area (Å²) in [5.41, 5.74) is 0.947. The van der Waals surface area contributed by atoms with E-state index in [-0.39, 0.29) is 24.0 Å². The standard InChI is InChI=1S/C19H35N5O3.HI/c1-5-20-19(22-10-12-24(2)11-7-13-25-3)23-16-17-8-6-9-21-18(17)27-15-14-26-4;/h6,8-9H,5,7,10-16H2,1-4H3,(H2,20,22,23);1H. The van der Waals surface area contributed by atoms with Gasteiger partial charge in [-0.25, -0.2) is 9.98 Å². The first kappa shape index (κ1) is 26.8. The number of nitrogens with one attached hydrogen (secondary N) is 2. The quantitative estimate of drug-likeness (QED) is 0.171. The fraction of sp³-hybridized carbons (Fsp3) is 0.684. The van der Waals surface area contributed by atoms with Gasteiger partial charge in [-0.05, 0) is 26.5 Å². The first-order valence-corrected chi connectivity index (χ1v) is 9.46. The second kappa shape index (κ2) is 17.9. The third kappa shape index (κ3) is 12.3. The van der Waals surface area contributed by atoms with Crippen molar-refractivity contribution in [3.63, 3.8) is 0 Å².